The van der Waals surface area contributed by atoms with Crippen molar-refractivity contribution in [2.45, 2.75) is 48.7 Å². The number of carbonyl (C=O) groups is 1. The van der Waals surface area contributed by atoms with Crippen molar-refractivity contribution in [3.63, 3.8) is 0 Å². The second-order valence-corrected chi connectivity index (χ2v) is 9.64. The van der Waals surface area contributed by atoms with E-state index >= 15 is 0 Å². The monoisotopic (exact) mass is 466 g/mol. The van der Waals surface area contributed by atoms with Gasteiger partial charge in [0.15, 0.2) is 0 Å². The Morgan fingerprint density at radius 1 is 1.33 bits per heavy atom. The molecular weight excluding hydrogens is 439 g/mol. The summed E-state index contributed by atoms with van der Waals surface area (Å²) in [6, 6.07) is 15.2. The topological polar surface area (TPSA) is 108 Å². The number of piperidine rings is 1. The molecule has 0 aromatic heterocycles. The first-order chi connectivity index (χ1) is 15.9. The van der Waals surface area contributed by atoms with Crippen LogP contribution in [0.25, 0.3) is 11.1 Å². The lowest BCUT2D eigenvalue weighted by Gasteiger charge is -2.23. The van der Waals surface area contributed by atoms with Crippen LogP contribution in [0.1, 0.15) is 24.8 Å². The van der Waals surface area contributed by atoms with Gasteiger partial charge < -0.3 is 16.4 Å². The van der Waals surface area contributed by atoms with Gasteiger partial charge >= 0.3 is 0 Å². The van der Waals surface area contributed by atoms with Gasteiger partial charge in [0, 0.05) is 34.4 Å². The number of nitrogens with two attached hydrogens (primary N) is 1. The van der Waals surface area contributed by atoms with Crippen molar-refractivity contribution >= 4 is 16.7 Å². The van der Waals surface area contributed by atoms with E-state index in [-0.39, 0.29) is 18.4 Å². The summed E-state index contributed by atoms with van der Waals surface area (Å²) in [5.74, 6) is -0.267. The van der Waals surface area contributed by atoms with Crippen molar-refractivity contribution in [1.29, 1.82) is 5.26 Å². The smallest absolute Gasteiger partial charge is 0.238 e. The van der Waals surface area contributed by atoms with Gasteiger partial charge in [-0.3, -0.25) is 9.00 Å². The summed E-state index contributed by atoms with van der Waals surface area (Å²) < 4.78 is 26.5. The molecule has 1 aliphatic heterocycles. The molecule has 2 fully saturated rings. The van der Waals surface area contributed by atoms with Gasteiger partial charge in [-0.25, -0.2) is 4.39 Å². The number of nitrogens with zero attached hydrogens (tertiary/aromatic N) is 1. The number of amides is 1. The molecule has 4 rings (SSSR count). The van der Waals surface area contributed by atoms with Crippen LogP contribution in [0, 0.1) is 35.5 Å². The minimum atomic E-state index is -1.11. The number of carbonyl (C=O) groups excluding carboxylic acids is 1. The molecule has 4 N–H and O–H groups in total. The zero-order valence-electron chi connectivity index (χ0n) is 18.4. The fourth-order valence-electron chi connectivity index (χ4n) is 4.51. The molecule has 2 bridgehead atoms. The molecule has 2 aromatic rings. The minimum absolute atomic E-state index is 0.105. The van der Waals surface area contributed by atoms with Gasteiger partial charge in [0.25, 0.3) is 0 Å². The first-order valence-electron chi connectivity index (χ1n) is 10.7. The summed E-state index contributed by atoms with van der Waals surface area (Å²) in [5, 5.41) is 15.6. The number of rotatable bonds is 6. The number of hydrogen-bond donors (Lipinski definition) is 3. The Bertz CT molecular complexity index is 1120. The average Bonchev–Trinajstić information content (AvgIpc) is 3.44. The number of nitrogens with one attached hydrogen (secondary N) is 2. The Kier molecular flexibility index (Phi) is 8.21. The summed E-state index contributed by atoms with van der Waals surface area (Å²) >= 11 is 0. The first-order valence-corrected chi connectivity index (χ1v) is 12.3. The first kappa shape index (κ1) is 24.4. The fourth-order valence-corrected chi connectivity index (χ4v) is 5.07. The van der Waals surface area contributed by atoms with Crippen LogP contribution in [-0.4, -0.2) is 34.5 Å². The van der Waals surface area contributed by atoms with Crippen LogP contribution in [-0.2, 0) is 22.0 Å². The molecule has 2 aromatic carbocycles. The van der Waals surface area contributed by atoms with Crippen molar-refractivity contribution in [1.82, 2.24) is 10.6 Å². The molecule has 4 unspecified atom stereocenters. The summed E-state index contributed by atoms with van der Waals surface area (Å²) in [7, 11) is -1.11. The molecule has 6 nitrogen and oxygen atoms in total. The van der Waals surface area contributed by atoms with E-state index in [1.165, 1.54) is 6.07 Å². The van der Waals surface area contributed by atoms with Crippen LogP contribution in [0.4, 0.5) is 4.39 Å². The normalized spacial score (nSPS) is 22.2. The van der Waals surface area contributed by atoms with Gasteiger partial charge in [-0.05, 0) is 66.1 Å². The second-order valence-electron chi connectivity index (χ2n) is 8.26. The third-order valence-corrected chi connectivity index (χ3v) is 7.01. The molecule has 8 heteroatoms. The third-order valence-electron chi connectivity index (χ3n) is 6.09. The van der Waals surface area contributed by atoms with E-state index in [1.54, 1.807) is 42.6 Å². The quantitative estimate of drug-likeness (QED) is 0.448. The molecule has 1 saturated heterocycles. The molecule has 5 atom stereocenters. The van der Waals surface area contributed by atoms with E-state index < -0.39 is 22.7 Å². The van der Waals surface area contributed by atoms with Gasteiger partial charge in [-0.1, -0.05) is 30.7 Å². The van der Waals surface area contributed by atoms with Gasteiger partial charge in [-0.15, -0.1) is 0 Å². The molecule has 1 saturated carbocycles. The molecule has 1 aliphatic carbocycles. The second kappa shape index (κ2) is 11.1. The molecule has 2 aliphatic rings. The highest BCUT2D eigenvalue weighted by atomic mass is 32.2. The highest BCUT2D eigenvalue weighted by Gasteiger charge is 2.43. The SMILES string of the molecule is C#CN.CS(=O)c1cccc(-c2ccc(C[C@@H](C#N)NC(=O)C3NC4CCC3C4)c(F)c2)c1. The zero-order valence-corrected chi connectivity index (χ0v) is 19.2. The maximum atomic E-state index is 14.8. The highest BCUT2D eigenvalue weighted by Crippen LogP contribution is 2.35. The van der Waals surface area contributed by atoms with Gasteiger partial charge in [-0.2, -0.15) is 5.26 Å². The van der Waals surface area contributed by atoms with Crippen LogP contribution in [0.15, 0.2) is 47.4 Å². The Morgan fingerprint density at radius 3 is 2.64 bits per heavy atom. The van der Waals surface area contributed by atoms with Crippen LogP contribution < -0.4 is 16.4 Å². The van der Waals surface area contributed by atoms with Crippen LogP contribution >= 0.6 is 0 Å². The van der Waals surface area contributed by atoms with Crippen LogP contribution in [0.5, 0.6) is 0 Å². The lowest BCUT2D eigenvalue weighted by Crippen LogP contribution is -2.50. The van der Waals surface area contributed by atoms with Gasteiger partial charge in [0.2, 0.25) is 5.91 Å². The highest BCUT2D eigenvalue weighted by molar-refractivity contribution is 7.84. The third kappa shape index (κ3) is 5.98. The maximum Gasteiger partial charge on any atom is 0.238 e. The van der Waals surface area contributed by atoms with E-state index in [0.717, 1.165) is 24.8 Å². The number of nitriles is 1. The van der Waals surface area contributed by atoms with Crippen molar-refractivity contribution in [2.75, 3.05) is 6.26 Å². The van der Waals surface area contributed by atoms with E-state index in [0.29, 0.717) is 28.0 Å². The minimum Gasteiger partial charge on any atom is -0.360 e. The number of halogens is 1. The van der Waals surface area contributed by atoms with Crippen molar-refractivity contribution in [2.24, 2.45) is 11.7 Å². The molecule has 33 heavy (non-hydrogen) atoms. The van der Waals surface area contributed by atoms with Gasteiger partial charge in [0.1, 0.15) is 11.9 Å². The molecule has 0 spiro atoms. The Morgan fingerprint density at radius 2 is 2.06 bits per heavy atom. The van der Waals surface area contributed by atoms with E-state index in [4.69, 9.17) is 0 Å². The average molecular weight is 467 g/mol. The summed E-state index contributed by atoms with van der Waals surface area (Å²) in [6.45, 7) is 0. The number of hydrogen-bond acceptors (Lipinski definition) is 5. The lowest BCUT2D eigenvalue weighted by molar-refractivity contribution is -0.124. The van der Waals surface area contributed by atoms with Crippen molar-refractivity contribution in [3.8, 4) is 29.7 Å². The Hall–Kier alpha value is -3.20. The molecule has 1 amide bonds. The number of terminal acetylenes is 1. The van der Waals surface area contributed by atoms with E-state index in [2.05, 4.69) is 28.9 Å². The molecular formula is C25H27FN4O2S. The summed E-state index contributed by atoms with van der Waals surface area (Å²) in [4.78, 5) is 13.2. The molecule has 172 valence electrons. The van der Waals surface area contributed by atoms with Crippen molar-refractivity contribution < 1.29 is 13.4 Å². The summed E-state index contributed by atoms with van der Waals surface area (Å²) in [5.41, 5.74) is 6.20. The largest absolute Gasteiger partial charge is 0.360 e. The Labute approximate surface area is 196 Å². The number of fused-ring (bicyclic) bond motifs is 2. The molecule has 1 heterocycles. The summed E-state index contributed by atoms with van der Waals surface area (Å²) in [6.07, 6.45) is 9.23. The Balaban J connectivity index is 0.000000968. The van der Waals surface area contributed by atoms with Crippen LogP contribution in [0.2, 0.25) is 0 Å². The van der Waals surface area contributed by atoms with Crippen LogP contribution in [0.3, 0.4) is 0 Å². The zero-order chi connectivity index (χ0) is 24.0. The van der Waals surface area contributed by atoms with Gasteiger partial charge in [0.05, 0.1) is 12.1 Å². The fraction of sp³-hybridized carbons (Fsp3) is 0.360. The predicted molar refractivity (Wildman–Crippen MR) is 126 cm³/mol. The number of benzene rings is 2. The standard InChI is InChI=1S/C23H24FN3O2S.C2H3N/c1-30(29)20-4-2-3-14(11-20)15-5-6-16(21(24)12-15)9-19(13-25)27-23(28)22-17-7-8-18(10-17)26-22;1-2-3/h2-6,11-12,17-19,22,26H,7-10H2,1H3,(H,27,28);1H,3H2/t17?,18?,19-,22?,30?;/m0./s1. The van der Waals surface area contributed by atoms with E-state index in [9.17, 15) is 18.7 Å². The van der Waals surface area contributed by atoms with E-state index in [1.807, 2.05) is 6.07 Å². The molecule has 0 radical (unpaired) electrons. The maximum absolute atomic E-state index is 14.8. The predicted octanol–water partition coefficient (Wildman–Crippen LogP) is 2.46. The van der Waals surface area contributed by atoms with Crippen molar-refractivity contribution in [3.05, 3.63) is 53.8 Å². The lowest BCUT2D eigenvalue weighted by atomic mass is 9.98.